The number of piperidine rings is 2. The Labute approximate surface area is 239 Å². The van der Waals surface area contributed by atoms with Gasteiger partial charge in [-0.05, 0) is 83.3 Å². The molecule has 1 aliphatic carbocycles. The Kier molecular flexibility index (Phi) is 7.98. The highest BCUT2D eigenvalue weighted by Crippen LogP contribution is 2.35. The van der Waals surface area contributed by atoms with Crippen molar-refractivity contribution in [2.75, 3.05) is 13.1 Å². The zero-order valence-corrected chi connectivity index (χ0v) is 24.4. The molecule has 1 unspecified atom stereocenters. The first-order valence-electron chi connectivity index (χ1n) is 14.7. The van der Waals surface area contributed by atoms with E-state index in [1.165, 1.54) is 4.57 Å². The number of rotatable bonds is 4. The maximum atomic E-state index is 13.4. The minimum absolute atomic E-state index is 0.0271. The van der Waals surface area contributed by atoms with Crippen LogP contribution < -0.4 is 16.3 Å². The molecule has 222 valence electrons. The number of aromatic nitrogens is 2. The van der Waals surface area contributed by atoms with Crippen LogP contribution in [0.1, 0.15) is 89.7 Å². The maximum absolute atomic E-state index is 13.4. The molecule has 11 nitrogen and oxygen atoms in total. The molecule has 0 radical (unpaired) electrons. The molecule has 3 aliphatic rings. The van der Waals surface area contributed by atoms with Gasteiger partial charge < -0.3 is 15.0 Å². The van der Waals surface area contributed by atoms with Crippen LogP contribution in [0.5, 0.6) is 0 Å². The summed E-state index contributed by atoms with van der Waals surface area (Å²) in [5, 5.41) is 5.30. The highest BCUT2D eigenvalue weighted by atomic mass is 16.6. The molecule has 5 rings (SSSR count). The number of imide groups is 1. The lowest BCUT2D eigenvalue weighted by Gasteiger charge is -2.36. The van der Waals surface area contributed by atoms with Gasteiger partial charge in [-0.15, -0.1) is 0 Å². The van der Waals surface area contributed by atoms with Gasteiger partial charge in [0, 0.05) is 38.5 Å². The van der Waals surface area contributed by atoms with Gasteiger partial charge in [-0.1, -0.05) is 12.1 Å². The Hall–Kier alpha value is -3.63. The Morgan fingerprint density at radius 1 is 0.976 bits per heavy atom. The third-order valence-corrected chi connectivity index (χ3v) is 8.70. The van der Waals surface area contributed by atoms with Gasteiger partial charge in [-0.3, -0.25) is 28.8 Å². The first kappa shape index (κ1) is 28.9. The second-order valence-electron chi connectivity index (χ2n) is 12.7. The predicted molar refractivity (Wildman–Crippen MR) is 152 cm³/mol. The van der Waals surface area contributed by atoms with Gasteiger partial charge in [0.1, 0.15) is 11.6 Å². The summed E-state index contributed by atoms with van der Waals surface area (Å²) in [6, 6.07) is 5.13. The molecule has 3 heterocycles. The lowest BCUT2D eigenvalue weighted by Crippen LogP contribution is -2.45. The standard InChI is InChI=1S/C30H41N5O6/c1-30(2,3)41-28(39)31-20-10-8-19(9-11-20)27(38)34-16-14-18(15-17-34)21-6-5-7-22-25(21)33(4)29(40)35(22)23-12-13-24(36)32-26(23)37/h5-7,18-20,23H,8-17H2,1-4H3,(H,31,39)(H,32,36,37). The van der Waals surface area contributed by atoms with Gasteiger partial charge in [0.2, 0.25) is 17.7 Å². The lowest BCUT2D eigenvalue weighted by atomic mass is 9.83. The van der Waals surface area contributed by atoms with Gasteiger partial charge in [0.05, 0.1) is 11.0 Å². The zero-order valence-electron chi connectivity index (χ0n) is 24.4. The third kappa shape index (κ3) is 6.04. The lowest BCUT2D eigenvalue weighted by molar-refractivity contribution is -0.138. The molecule has 0 bridgehead atoms. The molecule has 11 heteroatoms. The number of ether oxygens (including phenoxy) is 1. The van der Waals surface area contributed by atoms with Crippen molar-refractivity contribution in [1.82, 2.24) is 24.7 Å². The van der Waals surface area contributed by atoms with Crippen LogP contribution in [0.2, 0.25) is 0 Å². The van der Waals surface area contributed by atoms with E-state index < -0.39 is 23.6 Å². The van der Waals surface area contributed by atoms with Crippen LogP contribution >= 0.6 is 0 Å². The first-order valence-corrected chi connectivity index (χ1v) is 14.7. The van der Waals surface area contributed by atoms with Crippen molar-refractivity contribution in [3.63, 3.8) is 0 Å². The number of nitrogens with one attached hydrogen (secondary N) is 2. The largest absolute Gasteiger partial charge is 0.444 e. The fourth-order valence-electron chi connectivity index (χ4n) is 6.66. The summed E-state index contributed by atoms with van der Waals surface area (Å²) < 4.78 is 8.49. The maximum Gasteiger partial charge on any atom is 0.407 e. The minimum Gasteiger partial charge on any atom is -0.444 e. The topological polar surface area (TPSA) is 132 Å². The Balaban J connectivity index is 1.21. The molecule has 1 atom stereocenters. The molecule has 1 aromatic heterocycles. The number of fused-ring (bicyclic) bond motifs is 1. The Morgan fingerprint density at radius 3 is 2.29 bits per heavy atom. The number of hydrogen-bond acceptors (Lipinski definition) is 6. The Bertz CT molecular complexity index is 1400. The second-order valence-corrected chi connectivity index (χ2v) is 12.7. The SMILES string of the molecule is Cn1c(=O)n(C2CCC(=O)NC2=O)c2cccc(C3CCN(C(=O)C4CCC(NC(=O)OC(C)(C)C)CC4)CC3)c21. The van der Waals surface area contributed by atoms with E-state index in [-0.39, 0.29) is 41.8 Å². The molecule has 3 fully saturated rings. The van der Waals surface area contributed by atoms with Crippen molar-refractivity contribution in [2.24, 2.45) is 13.0 Å². The fourth-order valence-corrected chi connectivity index (χ4v) is 6.66. The smallest absolute Gasteiger partial charge is 0.407 e. The van der Waals surface area contributed by atoms with Crippen LogP contribution in [-0.2, 0) is 26.2 Å². The second kappa shape index (κ2) is 11.3. The van der Waals surface area contributed by atoms with E-state index >= 15 is 0 Å². The van der Waals surface area contributed by atoms with Crippen LogP contribution in [0.4, 0.5) is 4.79 Å². The van der Waals surface area contributed by atoms with Gasteiger partial charge in [-0.25, -0.2) is 9.59 Å². The van der Waals surface area contributed by atoms with Crippen molar-refractivity contribution in [3.8, 4) is 0 Å². The number of para-hydroxylation sites is 1. The van der Waals surface area contributed by atoms with Crippen molar-refractivity contribution < 1.29 is 23.9 Å². The first-order chi connectivity index (χ1) is 19.4. The summed E-state index contributed by atoms with van der Waals surface area (Å²) in [4.78, 5) is 65.0. The number of hydrogen-bond donors (Lipinski definition) is 2. The number of benzene rings is 1. The number of alkyl carbamates (subject to hydrolysis) is 1. The number of nitrogens with zero attached hydrogens (tertiary/aromatic N) is 3. The van der Waals surface area contributed by atoms with E-state index in [2.05, 4.69) is 10.6 Å². The van der Waals surface area contributed by atoms with E-state index in [0.29, 0.717) is 25.0 Å². The van der Waals surface area contributed by atoms with E-state index in [4.69, 9.17) is 4.74 Å². The highest BCUT2D eigenvalue weighted by molar-refractivity contribution is 6.00. The number of imidazole rings is 1. The Morgan fingerprint density at radius 2 is 1.66 bits per heavy atom. The van der Waals surface area contributed by atoms with Crippen LogP contribution in [0, 0.1) is 5.92 Å². The van der Waals surface area contributed by atoms with Crippen molar-refractivity contribution in [3.05, 3.63) is 34.2 Å². The summed E-state index contributed by atoms with van der Waals surface area (Å²) in [7, 11) is 1.73. The van der Waals surface area contributed by atoms with Crippen LogP contribution in [0.3, 0.4) is 0 Å². The van der Waals surface area contributed by atoms with Crippen molar-refractivity contribution >= 4 is 34.8 Å². The van der Waals surface area contributed by atoms with Crippen molar-refractivity contribution in [1.29, 1.82) is 0 Å². The average Bonchev–Trinajstić information content (AvgIpc) is 3.17. The summed E-state index contributed by atoms with van der Waals surface area (Å²) in [6.07, 6.45) is 4.67. The number of carbonyl (C=O) groups excluding carboxylic acids is 4. The molecule has 41 heavy (non-hydrogen) atoms. The highest BCUT2D eigenvalue weighted by Gasteiger charge is 2.35. The molecule has 1 aromatic carbocycles. The molecule has 2 saturated heterocycles. The van der Waals surface area contributed by atoms with E-state index in [1.54, 1.807) is 11.6 Å². The molecular formula is C30H41N5O6. The number of amides is 4. The summed E-state index contributed by atoms with van der Waals surface area (Å²) >= 11 is 0. The molecule has 2 aliphatic heterocycles. The average molecular weight is 568 g/mol. The summed E-state index contributed by atoms with van der Waals surface area (Å²) in [6.45, 7) is 6.81. The normalized spacial score (nSPS) is 24.3. The fraction of sp³-hybridized carbons (Fsp3) is 0.633. The number of carbonyl (C=O) groups is 4. The van der Waals surface area contributed by atoms with Crippen LogP contribution in [0.15, 0.2) is 23.0 Å². The van der Waals surface area contributed by atoms with Gasteiger partial charge in [-0.2, -0.15) is 0 Å². The van der Waals surface area contributed by atoms with Crippen molar-refractivity contribution in [2.45, 2.75) is 95.7 Å². The molecule has 2 aromatic rings. The predicted octanol–water partition coefficient (Wildman–Crippen LogP) is 3.11. The minimum atomic E-state index is -0.715. The van der Waals surface area contributed by atoms with Crippen LogP contribution in [0.25, 0.3) is 11.0 Å². The monoisotopic (exact) mass is 567 g/mol. The zero-order chi connectivity index (χ0) is 29.5. The van der Waals surface area contributed by atoms with Gasteiger partial charge >= 0.3 is 11.8 Å². The number of aryl methyl sites for hydroxylation is 1. The van der Waals surface area contributed by atoms with Crippen LogP contribution in [-0.4, -0.2) is 62.6 Å². The number of likely N-dealkylation sites (tertiary alicyclic amines) is 1. The molecule has 0 spiro atoms. The van der Waals surface area contributed by atoms with E-state index in [1.807, 2.05) is 43.9 Å². The molecule has 2 N–H and O–H groups in total. The van der Waals surface area contributed by atoms with E-state index in [0.717, 1.165) is 49.6 Å². The summed E-state index contributed by atoms with van der Waals surface area (Å²) in [5.41, 5.74) is 1.74. The van der Waals surface area contributed by atoms with Gasteiger partial charge in [0.25, 0.3) is 0 Å². The van der Waals surface area contributed by atoms with Gasteiger partial charge in [0.15, 0.2) is 0 Å². The molecule has 4 amide bonds. The molecular weight excluding hydrogens is 526 g/mol. The summed E-state index contributed by atoms with van der Waals surface area (Å²) in [5.74, 6) is -0.418. The third-order valence-electron chi connectivity index (χ3n) is 8.70. The molecule has 1 saturated carbocycles. The van der Waals surface area contributed by atoms with E-state index in [9.17, 15) is 24.0 Å². The quantitative estimate of drug-likeness (QED) is 0.546.